The van der Waals surface area contributed by atoms with Gasteiger partial charge in [-0.15, -0.1) is 0 Å². The molecule has 0 radical (unpaired) electrons. The zero-order valence-electron chi connectivity index (χ0n) is 9.44. The first-order chi connectivity index (χ1) is 7.79. The number of hydrogen-bond acceptors (Lipinski definition) is 2. The van der Waals surface area contributed by atoms with Gasteiger partial charge in [-0.2, -0.15) is 0 Å². The van der Waals surface area contributed by atoms with Crippen LogP contribution in [0.15, 0.2) is 58.3 Å². The van der Waals surface area contributed by atoms with Crippen LogP contribution in [-0.2, 0) is 0 Å². The first kappa shape index (κ1) is 11.1. The molecule has 0 aliphatic heterocycles. The van der Waals surface area contributed by atoms with Crippen LogP contribution in [0.25, 0.3) is 0 Å². The van der Waals surface area contributed by atoms with E-state index in [-0.39, 0.29) is 0 Å². The molecule has 0 aromatic heterocycles. The second kappa shape index (κ2) is 5.08. The Morgan fingerprint density at radius 3 is 2.44 bits per heavy atom. The van der Waals surface area contributed by atoms with Crippen molar-refractivity contribution in [1.82, 2.24) is 0 Å². The Morgan fingerprint density at radius 2 is 1.75 bits per heavy atom. The maximum atomic E-state index is 5.35. The standard InChI is InChI=1S/C14H14OS/c1-11-8-9-13(15-2)14(10-11)16-12-6-4-3-5-7-12/h3-10H,1-2H3. The molecule has 0 amide bonds. The Balaban J connectivity index is 2.30. The van der Waals surface area contributed by atoms with Crippen molar-refractivity contribution < 1.29 is 4.74 Å². The van der Waals surface area contributed by atoms with Gasteiger partial charge in [0.05, 0.1) is 12.0 Å². The number of ether oxygens (including phenoxy) is 1. The Morgan fingerprint density at radius 1 is 1.00 bits per heavy atom. The number of rotatable bonds is 3. The lowest BCUT2D eigenvalue weighted by Gasteiger charge is -2.08. The van der Waals surface area contributed by atoms with Gasteiger partial charge in [0.1, 0.15) is 5.75 Å². The van der Waals surface area contributed by atoms with E-state index in [2.05, 4.69) is 31.2 Å². The van der Waals surface area contributed by atoms with Crippen LogP contribution >= 0.6 is 11.8 Å². The summed E-state index contributed by atoms with van der Waals surface area (Å²) >= 11 is 1.73. The predicted molar refractivity (Wildman–Crippen MR) is 68.3 cm³/mol. The molecule has 0 heterocycles. The van der Waals surface area contributed by atoms with Gasteiger partial charge >= 0.3 is 0 Å². The van der Waals surface area contributed by atoms with E-state index in [9.17, 15) is 0 Å². The summed E-state index contributed by atoms with van der Waals surface area (Å²) in [6, 6.07) is 16.6. The van der Waals surface area contributed by atoms with Crippen molar-refractivity contribution in [1.29, 1.82) is 0 Å². The average Bonchev–Trinajstić information content (AvgIpc) is 2.31. The van der Waals surface area contributed by atoms with E-state index in [4.69, 9.17) is 4.74 Å². The minimum atomic E-state index is 0.930. The zero-order valence-corrected chi connectivity index (χ0v) is 10.3. The van der Waals surface area contributed by atoms with E-state index in [1.807, 2.05) is 24.3 Å². The maximum Gasteiger partial charge on any atom is 0.132 e. The fourth-order valence-electron chi connectivity index (χ4n) is 1.48. The molecule has 0 atom stereocenters. The molecule has 2 heteroatoms. The van der Waals surface area contributed by atoms with Gasteiger partial charge in [0, 0.05) is 4.90 Å². The highest BCUT2D eigenvalue weighted by molar-refractivity contribution is 7.99. The van der Waals surface area contributed by atoms with Crippen molar-refractivity contribution in [3.63, 3.8) is 0 Å². The van der Waals surface area contributed by atoms with Crippen molar-refractivity contribution in [2.24, 2.45) is 0 Å². The second-order valence-electron chi connectivity index (χ2n) is 3.57. The molecule has 0 aliphatic rings. The van der Waals surface area contributed by atoms with Gasteiger partial charge in [0.2, 0.25) is 0 Å². The van der Waals surface area contributed by atoms with E-state index < -0.39 is 0 Å². The summed E-state index contributed by atoms with van der Waals surface area (Å²) in [4.78, 5) is 2.39. The molecule has 1 nitrogen and oxygen atoms in total. The summed E-state index contributed by atoms with van der Waals surface area (Å²) in [6.07, 6.45) is 0. The zero-order chi connectivity index (χ0) is 11.4. The molecule has 16 heavy (non-hydrogen) atoms. The van der Waals surface area contributed by atoms with Gasteiger partial charge in [-0.3, -0.25) is 0 Å². The maximum absolute atomic E-state index is 5.35. The number of hydrogen-bond donors (Lipinski definition) is 0. The third kappa shape index (κ3) is 2.58. The lowest BCUT2D eigenvalue weighted by molar-refractivity contribution is 0.404. The van der Waals surface area contributed by atoms with E-state index in [1.165, 1.54) is 10.5 Å². The Kier molecular flexibility index (Phi) is 3.52. The quantitative estimate of drug-likeness (QED) is 0.783. The largest absolute Gasteiger partial charge is 0.496 e. The number of aryl methyl sites for hydroxylation is 1. The highest BCUT2D eigenvalue weighted by Crippen LogP contribution is 2.35. The predicted octanol–water partition coefficient (Wildman–Crippen LogP) is 4.15. The molecule has 0 saturated carbocycles. The Hall–Kier alpha value is -1.41. The molecule has 0 fully saturated rings. The van der Waals surface area contributed by atoms with Crippen LogP contribution in [0.4, 0.5) is 0 Å². The van der Waals surface area contributed by atoms with Crippen molar-refractivity contribution in [2.45, 2.75) is 16.7 Å². The first-order valence-electron chi connectivity index (χ1n) is 5.17. The third-order valence-corrected chi connectivity index (χ3v) is 3.34. The van der Waals surface area contributed by atoms with E-state index >= 15 is 0 Å². The molecule has 2 rings (SSSR count). The molecule has 82 valence electrons. The van der Waals surface area contributed by atoms with Crippen LogP contribution in [0.3, 0.4) is 0 Å². The summed E-state index contributed by atoms with van der Waals surface area (Å²) in [5, 5.41) is 0. The normalized spacial score (nSPS) is 10.1. The Bertz CT molecular complexity index is 465. The summed E-state index contributed by atoms with van der Waals surface area (Å²) in [7, 11) is 1.71. The SMILES string of the molecule is COc1ccc(C)cc1Sc1ccccc1. The van der Waals surface area contributed by atoms with Crippen molar-refractivity contribution in [2.75, 3.05) is 7.11 Å². The van der Waals surface area contributed by atoms with Gasteiger partial charge in [0.15, 0.2) is 0 Å². The van der Waals surface area contributed by atoms with Crippen LogP contribution in [0, 0.1) is 6.92 Å². The molecule has 2 aromatic rings. The third-order valence-electron chi connectivity index (χ3n) is 2.29. The summed E-state index contributed by atoms with van der Waals surface area (Å²) in [5.41, 5.74) is 1.25. The monoisotopic (exact) mass is 230 g/mol. The molecule has 0 N–H and O–H groups in total. The summed E-state index contributed by atoms with van der Waals surface area (Å²) in [6.45, 7) is 2.09. The molecule has 0 bridgehead atoms. The van der Waals surface area contributed by atoms with Crippen LogP contribution in [0.1, 0.15) is 5.56 Å². The van der Waals surface area contributed by atoms with E-state index in [1.54, 1.807) is 18.9 Å². The van der Waals surface area contributed by atoms with E-state index in [0.29, 0.717) is 0 Å². The fourth-order valence-corrected chi connectivity index (χ4v) is 2.52. The van der Waals surface area contributed by atoms with Crippen LogP contribution in [0.5, 0.6) is 5.75 Å². The van der Waals surface area contributed by atoms with Crippen molar-refractivity contribution in [3.8, 4) is 5.75 Å². The van der Waals surface area contributed by atoms with Gasteiger partial charge in [0.25, 0.3) is 0 Å². The molecule has 0 unspecified atom stereocenters. The Labute approximate surface area is 100 Å². The van der Waals surface area contributed by atoms with Crippen LogP contribution < -0.4 is 4.74 Å². The smallest absolute Gasteiger partial charge is 0.132 e. The molecule has 0 aliphatic carbocycles. The minimum Gasteiger partial charge on any atom is -0.496 e. The fraction of sp³-hybridized carbons (Fsp3) is 0.143. The molecule has 0 saturated heterocycles. The number of methoxy groups -OCH3 is 1. The highest BCUT2D eigenvalue weighted by Gasteiger charge is 2.04. The summed E-state index contributed by atoms with van der Waals surface area (Å²) in [5.74, 6) is 0.930. The summed E-state index contributed by atoms with van der Waals surface area (Å²) < 4.78 is 5.35. The van der Waals surface area contributed by atoms with Gasteiger partial charge in [-0.05, 0) is 36.8 Å². The minimum absolute atomic E-state index is 0.930. The van der Waals surface area contributed by atoms with E-state index in [0.717, 1.165) is 10.6 Å². The topological polar surface area (TPSA) is 9.23 Å². The van der Waals surface area contributed by atoms with Crippen LogP contribution in [0.2, 0.25) is 0 Å². The van der Waals surface area contributed by atoms with Gasteiger partial charge in [-0.1, -0.05) is 36.0 Å². The first-order valence-corrected chi connectivity index (χ1v) is 5.99. The average molecular weight is 230 g/mol. The lowest BCUT2D eigenvalue weighted by atomic mass is 10.2. The molecule has 0 spiro atoms. The highest BCUT2D eigenvalue weighted by atomic mass is 32.2. The van der Waals surface area contributed by atoms with Gasteiger partial charge < -0.3 is 4.74 Å². The second-order valence-corrected chi connectivity index (χ2v) is 4.68. The van der Waals surface area contributed by atoms with Crippen molar-refractivity contribution >= 4 is 11.8 Å². The molecule has 2 aromatic carbocycles. The van der Waals surface area contributed by atoms with Gasteiger partial charge in [-0.25, -0.2) is 0 Å². The molecular weight excluding hydrogens is 216 g/mol. The van der Waals surface area contributed by atoms with Crippen molar-refractivity contribution in [3.05, 3.63) is 54.1 Å². The number of benzene rings is 2. The molecular formula is C14H14OS. The van der Waals surface area contributed by atoms with Crippen LogP contribution in [-0.4, -0.2) is 7.11 Å². The lowest BCUT2D eigenvalue weighted by Crippen LogP contribution is -1.86.